The molecule has 0 aliphatic heterocycles. The van der Waals surface area contributed by atoms with Crippen LogP contribution in [0.2, 0.25) is 0 Å². The quantitative estimate of drug-likeness (QED) is 0.868. The van der Waals surface area contributed by atoms with Crippen LogP contribution in [0.25, 0.3) is 0 Å². The Balaban J connectivity index is 2.03. The first-order valence-electron chi connectivity index (χ1n) is 6.38. The molecule has 0 fully saturated rings. The molecular formula is C17H16FNO. The first-order chi connectivity index (χ1) is 9.66. The van der Waals surface area contributed by atoms with Gasteiger partial charge in [0.15, 0.2) is 0 Å². The number of halogens is 1. The Morgan fingerprint density at radius 1 is 1.20 bits per heavy atom. The topological polar surface area (TPSA) is 35.2 Å². The van der Waals surface area contributed by atoms with Gasteiger partial charge in [0.1, 0.15) is 18.2 Å². The van der Waals surface area contributed by atoms with Crippen molar-refractivity contribution >= 4 is 0 Å². The lowest BCUT2D eigenvalue weighted by Gasteiger charge is -2.12. The molecule has 2 aromatic carbocycles. The molecule has 0 aliphatic carbocycles. The largest absolute Gasteiger partial charge is 0.481 e. The maximum absolute atomic E-state index is 13.2. The molecule has 1 atom stereocenters. The van der Waals surface area contributed by atoms with E-state index in [1.807, 2.05) is 30.3 Å². The fourth-order valence-electron chi connectivity index (χ4n) is 1.78. The van der Waals surface area contributed by atoms with E-state index in [0.29, 0.717) is 11.3 Å². The second-order valence-corrected chi connectivity index (χ2v) is 4.43. The molecule has 0 aliphatic rings. The summed E-state index contributed by atoms with van der Waals surface area (Å²) in [7, 11) is 0. The number of hydrogen-bond donors (Lipinski definition) is 1. The molecule has 102 valence electrons. The predicted octanol–water partition coefficient (Wildman–Crippen LogP) is 3.28. The van der Waals surface area contributed by atoms with Crippen molar-refractivity contribution in [2.75, 3.05) is 6.61 Å². The van der Waals surface area contributed by atoms with Gasteiger partial charge < -0.3 is 10.5 Å². The van der Waals surface area contributed by atoms with Gasteiger partial charge in [-0.05, 0) is 37.3 Å². The van der Waals surface area contributed by atoms with Crippen molar-refractivity contribution in [2.24, 2.45) is 5.73 Å². The van der Waals surface area contributed by atoms with Crippen molar-refractivity contribution in [2.45, 2.75) is 13.0 Å². The summed E-state index contributed by atoms with van der Waals surface area (Å²) in [6.45, 7) is 2.03. The minimum atomic E-state index is -0.319. The number of benzene rings is 2. The van der Waals surface area contributed by atoms with Crippen molar-refractivity contribution in [3.63, 3.8) is 0 Å². The van der Waals surface area contributed by atoms with Gasteiger partial charge in [0.2, 0.25) is 0 Å². The zero-order valence-corrected chi connectivity index (χ0v) is 11.3. The number of rotatable bonds is 3. The minimum Gasteiger partial charge on any atom is -0.481 e. The standard InChI is InChI=1S/C17H16FNO/c1-13(19)16-12-15(18)9-10-17(16)20-11-5-8-14-6-3-2-4-7-14/h2-4,6-7,9-10,12-13H,11,19H2,1H3/t13-/m0/s1. The molecule has 0 unspecified atom stereocenters. The van der Waals surface area contributed by atoms with Gasteiger partial charge in [-0.2, -0.15) is 0 Å². The van der Waals surface area contributed by atoms with E-state index in [-0.39, 0.29) is 18.5 Å². The second kappa shape index (κ2) is 6.74. The summed E-state index contributed by atoms with van der Waals surface area (Å²) in [6.07, 6.45) is 0. The molecule has 0 bridgehead atoms. The highest BCUT2D eigenvalue weighted by Gasteiger charge is 2.08. The summed E-state index contributed by atoms with van der Waals surface area (Å²) in [6, 6.07) is 13.7. The molecule has 0 spiro atoms. The Morgan fingerprint density at radius 3 is 2.65 bits per heavy atom. The lowest BCUT2D eigenvalue weighted by molar-refractivity contribution is 0.363. The molecular weight excluding hydrogens is 253 g/mol. The van der Waals surface area contributed by atoms with Gasteiger partial charge in [0, 0.05) is 17.2 Å². The van der Waals surface area contributed by atoms with Gasteiger partial charge in [-0.25, -0.2) is 4.39 Å². The first kappa shape index (κ1) is 14.1. The van der Waals surface area contributed by atoms with E-state index in [4.69, 9.17) is 10.5 Å². The lowest BCUT2D eigenvalue weighted by atomic mass is 10.1. The van der Waals surface area contributed by atoms with E-state index in [2.05, 4.69) is 11.8 Å². The summed E-state index contributed by atoms with van der Waals surface area (Å²) in [5.41, 5.74) is 7.37. The van der Waals surface area contributed by atoms with Crippen LogP contribution < -0.4 is 10.5 Å². The van der Waals surface area contributed by atoms with Gasteiger partial charge in [0.05, 0.1) is 0 Å². The van der Waals surface area contributed by atoms with Crippen LogP contribution in [0, 0.1) is 17.7 Å². The Labute approximate surface area is 118 Å². The van der Waals surface area contributed by atoms with Crippen molar-refractivity contribution < 1.29 is 9.13 Å². The summed E-state index contributed by atoms with van der Waals surface area (Å²) >= 11 is 0. The smallest absolute Gasteiger partial charge is 0.149 e. The zero-order valence-electron chi connectivity index (χ0n) is 11.3. The first-order valence-corrected chi connectivity index (χ1v) is 6.38. The molecule has 2 aromatic rings. The lowest BCUT2D eigenvalue weighted by Crippen LogP contribution is -2.08. The maximum atomic E-state index is 13.2. The average Bonchev–Trinajstić information content (AvgIpc) is 2.45. The summed E-state index contributed by atoms with van der Waals surface area (Å²) in [4.78, 5) is 0. The van der Waals surface area contributed by atoms with E-state index in [0.717, 1.165) is 5.56 Å². The molecule has 0 saturated heterocycles. The van der Waals surface area contributed by atoms with Crippen LogP contribution in [0.3, 0.4) is 0 Å². The van der Waals surface area contributed by atoms with Crippen molar-refractivity contribution in [3.05, 3.63) is 65.5 Å². The summed E-state index contributed by atoms with van der Waals surface area (Å²) in [5, 5.41) is 0. The zero-order chi connectivity index (χ0) is 14.4. The number of nitrogens with two attached hydrogens (primary N) is 1. The van der Waals surface area contributed by atoms with E-state index in [9.17, 15) is 4.39 Å². The number of ether oxygens (including phenoxy) is 1. The summed E-state index contributed by atoms with van der Waals surface area (Å²) in [5.74, 6) is 6.17. The average molecular weight is 269 g/mol. The van der Waals surface area contributed by atoms with Gasteiger partial charge in [0.25, 0.3) is 0 Å². The van der Waals surface area contributed by atoms with Gasteiger partial charge >= 0.3 is 0 Å². The third kappa shape index (κ3) is 3.84. The Kier molecular flexibility index (Phi) is 4.75. The van der Waals surface area contributed by atoms with Gasteiger partial charge in [-0.15, -0.1) is 0 Å². The highest BCUT2D eigenvalue weighted by atomic mass is 19.1. The van der Waals surface area contributed by atoms with Crippen LogP contribution in [-0.2, 0) is 0 Å². The maximum Gasteiger partial charge on any atom is 0.149 e. The van der Waals surface area contributed by atoms with E-state index in [1.165, 1.54) is 12.1 Å². The van der Waals surface area contributed by atoms with Crippen molar-refractivity contribution in [1.82, 2.24) is 0 Å². The van der Waals surface area contributed by atoms with E-state index >= 15 is 0 Å². The number of hydrogen-bond acceptors (Lipinski definition) is 2. The molecule has 0 radical (unpaired) electrons. The molecule has 0 saturated carbocycles. The fourth-order valence-corrected chi connectivity index (χ4v) is 1.78. The monoisotopic (exact) mass is 269 g/mol. The van der Waals surface area contributed by atoms with Crippen LogP contribution in [0.4, 0.5) is 4.39 Å². The molecule has 2 N–H and O–H groups in total. The minimum absolute atomic E-state index is 0.236. The highest BCUT2D eigenvalue weighted by Crippen LogP contribution is 2.24. The molecule has 2 nitrogen and oxygen atoms in total. The van der Waals surface area contributed by atoms with Gasteiger partial charge in [-0.1, -0.05) is 30.0 Å². The van der Waals surface area contributed by atoms with E-state index < -0.39 is 0 Å². The Hall–Kier alpha value is -2.31. The Morgan fingerprint density at radius 2 is 1.95 bits per heavy atom. The Bertz CT molecular complexity index is 626. The molecule has 3 heteroatoms. The van der Waals surface area contributed by atoms with Crippen LogP contribution in [0.5, 0.6) is 5.75 Å². The highest BCUT2D eigenvalue weighted by molar-refractivity contribution is 5.37. The predicted molar refractivity (Wildman–Crippen MR) is 77.8 cm³/mol. The second-order valence-electron chi connectivity index (χ2n) is 4.43. The third-order valence-corrected chi connectivity index (χ3v) is 2.77. The molecule has 0 amide bonds. The van der Waals surface area contributed by atoms with Gasteiger partial charge in [-0.3, -0.25) is 0 Å². The van der Waals surface area contributed by atoms with Crippen LogP contribution in [0.1, 0.15) is 24.1 Å². The van der Waals surface area contributed by atoms with Crippen LogP contribution >= 0.6 is 0 Å². The van der Waals surface area contributed by atoms with E-state index in [1.54, 1.807) is 13.0 Å². The SMILES string of the molecule is C[C@H](N)c1cc(F)ccc1OCC#Cc1ccccc1. The molecule has 0 aromatic heterocycles. The molecule has 0 heterocycles. The van der Waals surface area contributed by atoms with Crippen LogP contribution in [0.15, 0.2) is 48.5 Å². The normalized spacial score (nSPS) is 11.3. The third-order valence-electron chi connectivity index (χ3n) is 2.77. The fraction of sp³-hybridized carbons (Fsp3) is 0.176. The molecule has 20 heavy (non-hydrogen) atoms. The van der Waals surface area contributed by atoms with Crippen molar-refractivity contribution in [1.29, 1.82) is 0 Å². The van der Waals surface area contributed by atoms with Crippen molar-refractivity contribution in [3.8, 4) is 17.6 Å². The van der Waals surface area contributed by atoms with Crippen LogP contribution in [-0.4, -0.2) is 6.61 Å². The molecule has 2 rings (SSSR count). The summed E-state index contributed by atoms with van der Waals surface area (Å²) < 4.78 is 18.7.